The van der Waals surface area contributed by atoms with Crippen LogP contribution in [0.4, 0.5) is 11.4 Å². The smallest absolute Gasteiger partial charge is 0.349 e. The summed E-state index contributed by atoms with van der Waals surface area (Å²) >= 11 is 10.7. The number of halogens is 2. The third-order valence-electron chi connectivity index (χ3n) is 1.93. The van der Waals surface area contributed by atoms with Crippen molar-refractivity contribution in [2.24, 2.45) is 0 Å². The fourth-order valence-electron chi connectivity index (χ4n) is 1.11. The SMILES string of the molecule is O=C(O)C(Cl)=C(Cl)C(=O)Nc1ccccc1[N+](=O)[O-]. The summed E-state index contributed by atoms with van der Waals surface area (Å²) in [4.78, 5) is 32.1. The number of para-hydroxylation sites is 2. The minimum atomic E-state index is -1.58. The van der Waals surface area contributed by atoms with Gasteiger partial charge >= 0.3 is 5.97 Å². The van der Waals surface area contributed by atoms with Gasteiger partial charge in [-0.25, -0.2) is 4.79 Å². The van der Waals surface area contributed by atoms with E-state index in [1.807, 2.05) is 0 Å². The number of nitrogens with one attached hydrogen (secondary N) is 1. The lowest BCUT2D eigenvalue weighted by atomic mass is 10.2. The van der Waals surface area contributed by atoms with Crippen LogP contribution < -0.4 is 5.32 Å². The Bertz CT molecular complexity index is 585. The lowest BCUT2D eigenvalue weighted by Gasteiger charge is -2.05. The molecule has 9 heteroatoms. The monoisotopic (exact) mass is 304 g/mol. The first-order valence-corrected chi connectivity index (χ1v) is 5.43. The van der Waals surface area contributed by atoms with Crippen LogP contribution in [0.1, 0.15) is 0 Å². The number of nitro groups is 1. The van der Waals surface area contributed by atoms with Gasteiger partial charge < -0.3 is 10.4 Å². The minimum Gasteiger partial charge on any atom is -0.477 e. The molecule has 0 aliphatic heterocycles. The van der Waals surface area contributed by atoms with Gasteiger partial charge in [0.2, 0.25) is 0 Å². The van der Waals surface area contributed by atoms with E-state index in [2.05, 4.69) is 5.32 Å². The Labute approximate surface area is 116 Å². The molecule has 0 atom stereocenters. The number of nitro benzene ring substituents is 1. The second kappa shape index (κ2) is 6.17. The number of carbonyl (C=O) groups is 2. The summed E-state index contributed by atoms with van der Waals surface area (Å²) in [5, 5.41) is 19.7. The molecule has 0 aliphatic carbocycles. The highest BCUT2D eigenvalue weighted by Crippen LogP contribution is 2.25. The number of carboxylic acids is 1. The first-order valence-electron chi connectivity index (χ1n) is 4.68. The van der Waals surface area contributed by atoms with Crippen molar-refractivity contribution in [1.29, 1.82) is 0 Å². The van der Waals surface area contributed by atoms with Crippen molar-refractivity contribution in [3.8, 4) is 0 Å². The Morgan fingerprint density at radius 1 is 1.21 bits per heavy atom. The summed E-state index contributed by atoms with van der Waals surface area (Å²) in [6.45, 7) is 0. The van der Waals surface area contributed by atoms with E-state index in [4.69, 9.17) is 28.3 Å². The van der Waals surface area contributed by atoms with Gasteiger partial charge in [0.05, 0.1) is 4.92 Å². The van der Waals surface area contributed by atoms with Crippen LogP contribution in [-0.4, -0.2) is 21.9 Å². The molecule has 0 unspecified atom stereocenters. The molecule has 0 bridgehead atoms. The molecule has 0 saturated carbocycles. The predicted molar refractivity (Wildman–Crippen MR) is 68.1 cm³/mol. The molecule has 1 amide bonds. The Kier molecular flexibility index (Phi) is 4.85. The molecular weight excluding hydrogens is 299 g/mol. The van der Waals surface area contributed by atoms with E-state index < -0.39 is 26.9 Å². The van der Waals surface area contributed by atoms with Gasteiger partial charge in [0.15, 0.2) is 0 Å². The Morgan fingerprint density at radius 3 is 2.32 bits per heavy atom. The van der Waals surface area contributed by atoms with Gasteiger partial charge in [-0.3, -0.25) is 14.9 Å². The van der Waals surface area contributed by atoms with Gasteiger partial charge in [-0.15, -0.1) is 0 Å². The summed E-state index contributed by atoms with van der Waals surface area (Å²) < 4.78 is 0. The standard InChI is InChI=1S/C10H6Cl2N2O5/c11-7(8(12)10(16)17)9(15)13-5-3-1-2-4-6(5)14(18)19/h1-4H,(H,13,15)(H,16,17). The van der Waals surface area contributed by atoms with Gasteiger partial charge in [-0.1, -0.05) is 35.3 Å². The molecule has 1 rings (SSSR count). The van der Waals surface area contributed by atoms with Crippen molar-refractivity contribution in [3.63, 3.8) is 0 Å². The zero-order valence-electron chi connectivity index (χ0n) is 9.09. The van der Waals surface area contributed by atoms with E-state index in [0.717, 1.165) is 0 Å². The largest absolute Gasteiger partial charge is 0.477 e. The first-order chi connectivity index (χ1) is 8.84. The molecule has 2 N–H and O–H groups in total. The molecule has 0 spiro atoms. The molecule has 1 aromatic rings. The minimum absolute atomic E-state index is 0.120. The second-order valence-corrected chi connectivity index (χ2v) is 3.92. The molecule has 0 radical (unpaired) electrons. The van der Waals surface area contributed by atoms with Gasteiger partial charge in [0, 0.05) is 6.07 Å². The van der Waals surface area contributed by atoms with Crippen LogP contribution in [0.15, 0.2) is 34.3 Å². The maximum absolute atomic E-state index is 11.6. The number of hydrogen-bond donors (Lipinski definition) is 2. The maximum Gasteiger partial charge on any atom is 0.349 e. The number of benzene rings is 1. The fraction of sp³-hybridized carbons (Fsp3) is 0. The maximum atomic E-state index is 11.6. The average molecular weight is 305 g/mol. The van der Waals surface area contributed by atoms with Crippen molar-refractivity contribution < 1.29 is 19.6 Å². The highest BCUT2D eigenvalue weighted by molar-refractivity contribution is 6.54. The van der Waals surface area contributed by atoms with Crippen LogP contribution in [0.5, 0.6) is 0 Å². The number of aliphatic carboxylic acids is 1. The Morgan fingerprint density at radius 2 is 1.79 bits per heavy atom. The van der Waals surface area contributed by atoms with Crippen molar-refractivity contribution in [3.05, 3.63) is 44.4 Å². The van der Waals surface area contributed by atoms with Crippen LogP contribution in [0, 0.1) is 10.1 Å². The highest BCUT2D eigenvalue weighted by Gasteiger charge is 2.20. The number of anilines is 1. The van der Waals surface area contributed by atoms with Gasteiger partial charge in [0.1, 0.15) is 15.8 Å². The zero-order chi connectivity index (χ0) is 14.6. The third kappa shape index (κ3) is 3.67. The van der Waals surface area contributed by atoms with Gasteiger partial charge in [-0.05, 0) is 6.07 Å². The number of amides is 1. The molecule has 1 aromatic carbocycles. The van der Waals surface area contributed by atoms with Gasteiger partial charge in [0.25, 0.3) is 11.6 Å². The molecule has 7 nitrogen and oxygen atoms in total. The average Bonchev–Trinajstić information content (AvgIpc) is 2.37. The van der Waals surface area contributed by atoms with E-state index in [1.54, 1.807) is 0 Å². The lowest BCUT2D eigenvalue weighted by molar-refractivity contribution is -0.383. The van der Waals surface area contributed by atoms with E-state index in [0.29, 0.717) is 0 Å². The molecule has 0 saturated heterocycles. The molecule has 0 aliphatic rings. The van der Waals surface area contributed by atoms with E-state index in [9.17, 15) is 19.7 Å². The summed E-state index contributed by atoms with van der Waals surface area (Å²) in [6.07, 6.45) is 0. The first kappa shape index (κ1) is 14.9. The Balaban J connectivity index is 3.05. The number of rotatable bonds is 4. The number of nitrogens with zero attached hydrogens (tertiary/aromatic N) is 1. The lowest BCUT2D eigenvalue weighted by Crippen LogP contribution is -2.15. The molecule has 0 fully saturated rings. The number of carbonyl (C=O) groups excluding carboxylic acids is 1. The summed E-state index contributed by atoms with van der Waals surface area (Å²) in [5.41, 5.74) is -0.475. The van der Waals surface area contributed by atoms with Crippen LogP contribution >= 0.6 is 23.2 Å². The predicted octanol–water partition coefficient (Wildman–Crippen LogP) is 2.31. The number of carboxylic acid groups (broad SMARTS) is 1. The van der Waals surface area contributed by atoms with Crippen molar-refractivity contribution in [1.82, 2.24) is 0 Å². The summed E-state index contributed by atoms with van der Waals surface area (Å²) in [5.74, 6) is -2.63. The van der Waals surface area contributed by atoms with Crippen LogP contribution in [0.2, 0.25) is 0 Å². The third-order valence-corrected chi connectivity index (χ3v) is 2.74. The zero-order valence-corrected chi connectivity index (χ0v) is 10.6. The van der Waals surface area contributed by atoms with Crippen molar-refractivity contribution in [2.45, 2.75) is 0 Å². The van der Waals surface area contributed by atoms with Crippen LogP contribution in [0.25, 0.3) is 0 Å². The van der Waals surface area contributed by atoms with E-state index >= 15 is 0 Å². The van der Waals surface area contributed by atoms with Crippen LogP contribution in [0.3, 0.4) is 0 Å². The molecule has 19 heavy (non-hydrogen) atoms. The summed E-state index contributed by atoms with van der Waals surface area (Å²) in [6, 6.07) is 5.31. The van der Waals surface area contributed by atoms with Crippen molar-refractivity contribution >= 4 is 46.5 Å². The van der Waals surface area contributed by atoms with E-state index in [1.165, 1.54) is 24.3 Å². The fourth-order valence-corrected chi connectivity index (χ4v) is 1.32. The van der Waals surface area contributed by atoms with E-state index in [-0.39, 0.29) is 11.4 Å². The second-order valence-electron chi connectivity index (χ2n) is 3.16. The van der Waals surface area contributed by atoms with Crippen molar-refractivity contribution in [2.75, 3.05) is 5.32 Å². The van der Waals surface area contributed by atoms with Gasteiger partial charge in [-0.2, -0.15) is 0 Å². The molecular formula is C10H6Cl2N2O5. The summed E-state index contributed by atoms with van der Waals surface area (Å²) in [7, 11) is 0. The molecule has 100 valence electrons. The molecule has 0 heterocycles. The normalized spacial score (nSPS) is 11.5. The number of hydrogen-bond acceptors (Lipinski definition) is 4. The topological polar surface area (TPSA) is 110 Å². The van der Waals surface area contributed by atoms with Crippen LogP contribution in [-0.2, 0) is 9.59 Å². The molecule has 0 aromatic heterocycles. The highest BCUT2D eigenvalue weighted by atomic mass is 35.5. The Hall–Kier alpha value is -2.12. The quantitative estimate of drug-likeness (QED) is 0.504.